The molecule has 0 aliphatic carbocycles. The highest BCUT2D eigenvalue weighted by Gasteiger charge is 2.30. The van der Waals surface area contributed by atoms with Gasteiger partial charge in [-0.05, 0) is 37.0 Å². The third-order valence-electron chi connectivity index (χ3n) is 4.04. The fourth-order valence-corrected chi connectivity index (χ4v) is 2.76. The third-order valence-corrected chi connectivity index (χ3v) is 4.04. The highest BCUT2D eigenvalue weighted by Crippen LogP contribution is 2.23. The molecule has 1 rings (SSSR count). The lowest BCUT2D eigenvalue weighted by Gasteiger charge is -2.27. The molecule has 1 aliphatic heterocycles. The van der Waals surface area contributed by atoms with Crippen molar-refractivity contribution in [3.8, 4) is 0 Å². The second kappa shape index (κ2) is 10.1. The maximum atomic E-state index is 11.9. The van der Waals surface area contributed by atoms with Crippen LogP contribution in [0.5, 0.6) is 0 Å². The number of aliphatic hydroxyl groups is 1. The van der Waals surface area contributed by atoms with E-state index in [9.17, 15) is 14.7 Å². The minimum atomic E-state index is -1.16. The van der Waals surface area contributed by atoms with E-state index in [2.05, 4.69) is 13.8 Å². The number of cyclic esters (lactones) is 1. The van der Waals surface area contributed by atoms with Gasteiger partial charge >= 0.3 is 11.9 Å². The maximum absolute atomic E-state index is 11.9. The first-order valence-corrected chi connectivity index (χ1v) is 8.55. The minimum Gasteiger partial charge on any atom is -0.478 e. The maximum Gasteiger partial charge on any atom is 0.338 e. The minimum absolute atomic E-state index is 0.0570. The van der Waals surface area contributed by atoms with Crippen molar-refractivity contribution in [2.24, 2.45) is 5.92 Å². The molecule has 2 N–H and O–H groups in total. The average Bonchev–Trinajstić information content (AvgIpc) is 2.51. The highest BCUT2D eigenvalue weighted by molar-refractivity contribution is 5.94. The van der Waals surface area contributed by atoms with Crippen molar-refractivity contribution in [1.82, 2.24) is 0 Å². The molecule has 0 amide bonds. The first-order chi connectivity index (χ1) is 11.3. The molecule has 0 aromatic heterocycles. The molecule has 0 aromatic rings. The summed E-state index contributed by atoms with van der Waals surface area (Å²) >= 11 is 0. The van der Waals surface area contributed by atoms with E-state index in [1.165, 1.54) is 25.3 Å². The van der Waals surface area contributed by atoms with Gasteiger partial charge in [-0.1, -0.05) is 45.6 Å². The van der Waals surface area contributed by atoms with Crippen LogP contribution in [0.15, 0.2) is 35.5 Å². The molecule has 1 aliphatic rings. The molecular weight excluding hydrogens is 308 g/mol. The van der Waals surface area contributed by atoms with Crippen molar-refractivity contribution < 1.29 is 24.5 Å². The van der Waals surface area contributed by atoms with Crippen molar-refractivity contribution in [1.29, 1.82) is 0 Å². The molecular formula is C19H28O5. The van der Waals surface area contributed by atoms with Crippen LogP contribution in [-0.4, -0.2) is 34.4 Å². The van der Waals surface area contributed by atoms with Gasteiger partial charge in [0.05, 0.1) is 5.57 Å². The monoisotopic (exact) mass is 336 g/mol. The molecule has 0 fully saturated rings. The van der Waals surface area contributed by atoms with Gasteiger partial charge in [-0.3, -0.25) is 0 Å². The predicted molar refractivity (Wildman–Crippen MR) is 92.4 cm³/mol. The van der Waals surface area contributed by atoms with Gasteiger partial charge in [0.15, 0.2) is 6.10 Å². The summed E-state index contributed by atoms with van der Waals surface area (Å²) in [4.78, 5) is 22.4. The van der Waals surface area contributed by atoms with Crippen LogP contribution in [0.4, 0.5) is 0 Å². The van der Waals surface area contributed by atoms with Gasteiger partial charge < -0.3 is 14.9 Å². The number of carboxylic acid groups (broad SMARTS) is 1. The Kier molecular flexibility index (Phi) is 8.47. The van der Waals surface area contributed by atoms with Crippen molar-refractivity contribution in [2.45, 2.75) is 65.1 Å². The molecule has 0 saturated carbocycles. The number of esters is 1. The molecule has 0 spiro atoms. The standard InChI is InChI=1S/C19H28O5/c1-4-5-6-7-8-13(2)11-14(3)18-16(20)12-15(19(23)24-18)9-10-17(21)22/h9-13,16,18,20H,4-8H2,1-3H3,(H,21,22)/b10-9+,14-11+/t13?,16-,18+/m1/s1. The number of carbonyl (C=O) groups is 2. The van der Waals surface area contributed by atoms with Crippen LogP contribution in [0.1, 0.15) is 52.9 Å². The van der Waals surface area contributed by atoms with E-state index in [0.717, 1.165) is 30.6 Å². The summed E-state index contributed by atoms with van der Waals surface area (Å²) in [7, 11) is 0. The van der Waals surface area contributed by atoms with E-state index >= 15 is 0 Å². The van der Waals surface area contributed by atoms with E-state index in [1.54, 1.807) is 0 Å². The van der Waals surface area contributed by atoms with Crippen LogP contribution >= 0.6 is 0 Å². The quantitative estimate of drug-likeness (QED) is 0.292. The van der Waals surface area contributed by atoms with Gasteiger partial charge in [-0.25, -0.2) is 9.59 Å². The largest absolute Gasteiger partial charge is 0.478 e. The fraction of sp³-hybridized carbons (Fsp3) is 0.579. The van der Waals surface area contributed by atoms with E-state index in [-0.39, 0.29) is 5.57 Å². The molecule has 0 bridgehead atoms. The van der Waals surface area contributed by atoms with Crippen LogP contribution in [0, 0.1) is 5.92 Å². The molecule has 0 saturated heterocycles. The van der Waals surface area contributed by atoms with E-state index in [0.29, 0.717) is 5.92 Å². The first-order valence-electron chi connectivity index (χ1n) is 8.55. The molecule has 5 heteroatoms. The normalized spacial score (nSPS) is 23.1. The SMILES string of the molecule is CCCCCCC(C)/C=C(\C)[C@@H]1OC(=O)C(/C=C/C(=O)O)=C[C@H]1O. The Bertz CT molecular complexity index is 530. The topological polar surface area (TPSA) is 83.8 Å². The zero-order chi connectivity index (χ0) is 18.1. The van der Waals surface area contributed by atoms with Crippen LogP contribution in [0.3, 0.4) is 0 Å². The van der Waals surface area contributed by atoms with Gasteiger partial charge in [-0.2, -0.15) is 0 Å². The zero-order valence-corrected chi connectivity index (χ0v) is 14.7. The average molecular weight is 336 g/mol. The van der Waals surface area contributed by atoms with Crippen molar-refractivity contribution >= 4 is 11.9 Å². The van der Waals surface area contributed by atoms with Crippen molar-refractivity contribution in [3.05, 3.63) is 35.5 Å². The lowest BCUT2D eigenvalue weighted by atomic mass is 9.95. The number of rotatable bonds is 9. The summed E-state index contributed by atoms with van der Waals surface area (Å²) in [6.07, 6.45) is 9.59. The Hall–Kier alpha value is -1.88. The van der Waals surface area contributed by atoms with Gasteiger partial charge in [0, 0.05) is 6.08 Å². The molecule has 0 aromatic carbocycles. The number of hydrogen-bond acceptors (Lipinski definition) is 4. The van der Waals surface area contributed by atoms with E-state index in [4.69, 9.17) is 9.84 Å². The van der Waals surface area contributed by atoms with Crippen LogP contribution < -0.4 is 0 Å². The molecule has 1 heterocycles. The molecule has 3 atom stereocenters. The summed E-state index contributed by atoms with van der Waals surface area (Å²) in [5.41, 5.74) is 0.873. The van der Waals surface area contributed by atoms with Crippen molar-refractivity contribution in [2.75, 3.05) is 0 Å². The fourth-order valence-electron chi connectivity index (χ4n) is 2.76. The number of carbonyl (C=O) groups excluding carboxylic acids is 1. The number of ether oxygens (including phenoxy) is 1. The number of carboxylic acids is 1. The van der Waals surface area contributed by atoms with E-state index in [1.807, 2.05) is 13.0 Å². The third kappa shape index (κ3) is 6.71. The number of unbranched alkanes of at least 4 members (excludes halogenated alkanes) is 3. The van der Waals surface area contributed by atoms with Crippen molar-refractivity contribution in [3.63, 3.8) is 0 Å². The molecule has 5 nitrogen and oxygen atoms in total. The Labute approximate surface area is 143 Å². The number of allylic oxidation sites excluding steroid dienone is 1. The molecule has 1 unspecified atom stereocenters. The second-order valence-corrected chi connectivity index (χ2v) is 6.35. The Morgan fingerprint density at radius 2 is 2.08 bits per heavy atom. The predicted octanol–water partition coefficient (Wildman–Crippen LogP) is 3.39. The summed E-state index contributed by atoms with van der Waals surface area (Å²) < 4.78 is 5.28. The van der Waals surface area contributed by atoms with Crippen LogP contribution in [0.2, 0.25) is 0 Å². The molecule has 134 valence electrons. The first kappa shape index (κ1) is 20.2. The molecule has 24 heavy (non-hydrogen) atoms. The summed E-state index contributed by atoms with van der Waals surface area (Å²) in [6.45, 7) is 6.14. The second-order valence-electron chi connectivity index (χ2n) is 6.35. The Morgan fingerprint density at radius 3 is 2.71 bits per heavy atom. The van der Waals surface area contributed by atoms with Gasteiger partial charge in [0.1, 0.15) is 6.10 Å². The summed E-state index contributed by atoms with van der Waals surface area (Å²) in [5, 5.41) is 18.8. The molecule has 0 radical (unpaired) electrons. The lowest BCUT2D eigenvalue weighted by molar-refractivity contribution is -0.147. The van der Waals surface area contributed by atoms with Gasteiger partial charge in [0.25, 0.3) is 0 Å². The summed E-state index contributed by atoms with van der Waals surface area (Å²) in [5.74, 6) is -1.43. The van der Waals surface area contributed by atoms with Crippen LogP contribution in [-0.2, 0) is 14.3 Å². The smallest absolute Gasteiger partial charge is 0.338 e. The Balaban J connectivity index is 2.68. The number of hydrogen-bond donors (Lipinski definition) is 2. The lowest BCUT2D eigenvalue weighted by Crippen LogP contribution is -2.36. The number of aliphatic hydroxyl groups excluding tert-OH is 1. The van der Waals surface area contributed by atoms with Crippen LogP contribution in [0.25, 0.3) is 0 Å². The summed E-state index contributed by atoms with van der Waals surface area (Å²) in [6, 6.07) is 0. The van der Waals surface area contributed by atoms with Gasteiger partial charge in [-0.15, -0.1) is 0 Å². The Morgan fingerprint density at radius 1 is 1.38 bits per heavy atom. The number of aliphatic carboxylic acids is 1. The zero-order valence-electron chi connectivity index (χ0n) is 14.7. The highest BCUT2D eigenvalue weighted by atomic mass is 16.6. The van der Waals surface area contributed by atoms with E-state index < -0.39 is 24.1 Å². The van der Waals surface area contributed by atoms with Gasteiger partial charge in [0.2, 0.25) is 0 Å².